The molecule has 0 saturated heterocycles. The van der Waals surface area contributed by atoms with Crippen LogP contribution in [0.1, 0.15) is 22.3 Å². The van der Waals surface area contributed by atoms with Crippen LogP contribution in [0, 0.1) is 20.8 Å². The van der Waals surface area contributed by atoms with Crippen molar-refractivity contribution < 1.29 is 13.2 Å². The molecule has 0 bridgehead atoms. The van der Waals surface area contributed by atoms with Crippen molar-refractivity contribution >= 4 is 49.8 Å². The number of nitrogens with one attached hydrogen (secondary N) is 1. The van der Waals surface area contributed by atoms with Crippen LogP contribution in [0.2, 0.25) is 0 Å². The predicted molar refractivity (Wildman–Crippen MR) is 146 cm³/mol. The number of aromatic nitrogens is 2. The fourth-order valence-electron chi connectivity index (χ4n) is 3.57. The Morgan fingerprint density at radius 2 is 1.58 bits per heavy atom. The molecule has 0 aliphatic rings. The normalized spacial score (nSPS) is 11.3. The Bertz CT molecular complexity index is 1430. The lowest BCUT2D eigenvalue weighted by molar-refractivity contribution is -0.114. The molecule has 0 fully saturated rings. The number of thioether (sulfide) groups is 1. The van der Waals surface area contributed by atoms with E-state index in [1.54, 1.807) is 36.4 Å². The molecule has 1 amide bonds. The van der Waals surface area contributed by atoms with E-state index in [1.165, 1.54) is 23.1 Å². The minimum absolute atomic E-state index is 0.121. The van der Waals surface area contributed by atoms with Gasteiger partial charge in [0.25, 0.3) is 10.0 Å². The van der Waals surface area contributed by atoms with Crippen LogP contribution in [-0.4, -0.2) is 31.1 Å². The SMILES string of the molecule is Cc1ccc(S(=O)(=O)N(CC(=O)Nc2nnc(SCc3ccccc3)s2)c2cc(C)cc(C)c2)cc1. The van der Waals surface area contributed by atoms with Gasteiger partial charge in [0.2, 0.25) is 11.0 Å². The van der Waals surface area contributed by atoms with Crippen molar-refractivity contribution in [3.05, 3.63) is 95.1 Å². The molecule has 0 unspecified atom stereocenters. The van der Waals surface area contributed by atoms with Crippen LogP contribution < -0.4 is 9.62 Å². The largest absolute Gasteiger partial charge is 0.299 e. The molecule has 3 aromatic carbocycles. The Labute approximate surface area is 219 Å². The van der Waals surface area contributed by atoms with Crippen LogP contribution in [0.15, 0.2) is 82.0 Å². The smallest absolute Gasteiger partial charge is 0.264 e. The number of carbonyl (C=O) groups is 1. The van der Waals surface area contributed by atoms with Gasteiger partial charge in [-0.2, -0.15) is 0 Å². The molecule has 0 aliphatic heterocycles. The molecular formula is C26H26N4O3S3. The van der Waals surface area contributed by atoms with E-state index in [2.05, 4.69) is 15.5 Å². The number of hydrogen-bond acceptors (Lipinski definition) is 7. The highest BCUT2D eigenvalue weighted by Gasteiger charge is 2.28. The van der Waals surface area contributed by atoms with Crippen molar-refractivity contribution in [1.29, 1.82) is 0 Å². The predicted octanol–water partition coefficient (Wildman–Crippen LogP) is 5.59. The number of nitrogens with zero attached hydrogens (tertiary/aromatic N) is 3. The number of amides is 1. The molecule has 10 heteroatoms. The molecular weight excluding hydrogens is 513 g/mol. The van der Waals surface area contributed by atoms with Crippen LogP contribution in [0.25, 0.3) is 0 Å². The highest BCUT2D eigenvalue weighted by atomic mass is 32.2. The number of sulfonamides is 1. The van der Waals surface area contributed by atoms with Gasteiger partial charge in [-0.15, -0.1) is 10.2 Å². The van der Waals surface area contributed by atoms with E-state index in [-0.39, 0.29) is 4.90 Å². The molecule has 0 radical (unpaired) electrons. The summed E-state index contributed by atoms with van der Waals surface area (Å²) in [5, 5.41) is 11.2. The average molecular weight is 539 g/mol. The molecule has 0 atom stereocenters. The first-order valence-electron chi connectivity index (χ1n) is 11.2. The van der Waals surface area contributed by atoms with E-state index in [0.717, 1.165) is 32.3 Å². The van der Waals surface area contributed by atoms with E-state index in [1.807, 2.05) is 57.2 Å². The third kappa shape index (κ3) is 6.51. The van der Waals surface area contributed by atoms with Gasteiger partial charge in [-0.05, 0) is 61.7 Å². The molecule has 1 aromatic heterocycles. The average Bonchev–Trinajstić information content (AvgIpc) is 3.28. The summed E-state index contributed by atoms with van der Waals surface area (Å²) in [5.41, 5.74) is 4.34. The molecule has 4 rings (SSSR count). The second kappa shape index (κ2) is 11.2. The van der Waals surface area contributed by atoms with Gasteiger partial charge in [0.1, 0.15) is 6.54 Å². The summed E-state index contributed by atoms with van der Waals surface area (Å²) in [6, 6.07) is 22.1. The summed E-state index contributed by atoms with van der Waals surface area (Å²) < 4.78 is 29.0. The van der Waals surface area contributed by atoms with Gasteiger partial charge in [-0.1, -0.05) is 77.2 Å². The molecule has 36 heavy (non-hydrogen) atoms. The first kappa shape index (κ1) is 25.9. The van der Waals surface area contributed by atoms with Gasteiger partial charge in [-0.25, -0.2) is 8.42 Å². The third-order valence-corrected chi connectivity index (χ3v) is 9.08. The number of hydrogen-bond donors (Lipinski definition) is 1. The number of rotatable bonds is 9. The number of anilines is 2. The molecule has 4 aromatic rings. The summed E-state index contributed by atoms with van der Waals surface area (Å²) in [6.07, 6.45) is 0. The van der Waals surface area contributed by atoms with Gasteiger partial charge < -0.3 is 0 Å². The second-order valence-corrected chi connectivity index (χ2v) is 12.4. The van der Waals surface area contributed by atoms with Gasteiger partial charge in [0, 0.05) is 5.75 Å². The molecule has 0 aliphatic carbocycles. The van der Waals surface area contributed by atoms with Crippen molar-refractivity contribution in [2.24, 2.45) is 0 Å². The molecule has 7 nitrogen and oxygen atoms in total. The molecule has 1 heterocycles. The molecule has 0 spiro atoms. The maximum Gasteiger partial charge on any atom is 0.264 e. The molecule has 1 N–H and O–H groups in total. The van der Waals surface area contributed by atoms with Crippen LogP contribution in [0.4, 0.5) is 10.8 Å². The van der Waals surface area contributed by atoms with Crippen molar-refractivity contribution in [2.45, 2.75) is 35.8 Å². The van der Waals surface area contributed by atoms with Crippen molar-refractivity contribution in [3.63, 3.8) is 0 Å². The summed E-state index contributed by atoms with van der Waals surface area (Å²) in [4.78, 5) is 13.1. The van der Waals surface area contributed by atoms with E-state index in [4.69, 9.17) is 0 Å². The lowest BCUT2D eigenvalue weighted by Crippen LogP contribution is -2.38. The van der Waals surface area contributed by atoms with Gasteiger partial charge in [0.15, 0.2) is 4.34 Å². The number of aryl methyl sites for hydroxylation is 3. The fourth-order valence-corrected chi connectivity index (χ4v) is 6.70. The Kier molecular flexibility index (Phi) is 8.07. The standard InChI is InChI=1S/C26H26N4O3S3/c1-18-9-11-23(12-10-18)36(32,33)30(22-14-19(2)13-20(3)15-22)16-24(31)27-25-28-29-26(35-25)34-17-21-7-5-4-6-8-21/h4-15H,16-17H2,1-3H3,(H,27,28,31). The second-order valence-electron chi connectivity index (χ2n) is 8.37. The maximum absolute atomic E-state index is 13.6. The minimum Gasteiger partial charge on any atom is -0.299 e. The van der Waals surface area contributed by atoms with Gasteiger partial charge in [-0.3, -0.25) is 14.4 Å². The van der Waals surface area contributed by atoms with E-state index in [0.29, 0.717) is 15.2 Å². The zero-order chi connectivity index (χ0) is 25.7. The Hall–Kier alpha value is -3.21. The number of benzene rings is 3. The van der Waals surface area contributed by atoms with Crippen molar-refractivity contribution in [1.82, 2.24) is 10.2 Å². The summed E-state index contributed by atoms with van der Waals surface area (Å²) in [7, 11) is -3.99. The third-order valence-electron chi connectivity index (χ3n) is 5.25. The molecule has 0 saturated carbocycles. The quantitative estimate of drug-likeness (QED) is 0.221. The summed E-state index contributed by atoms with van der Waals surface area (Å²) >= 11 is 2.78. The van der Waals surface area contributed by atoms with Crippen LogP contribution in [-0.2, 0) is 20.6 Å². The van der Waals surface area contributed by atoms with Crippen LogP contribution >= 0.6 is 23.1 Å². The van der Waals surface area contributed by atoms with Gasteiger partial charge >= 0.3 is 0 Å². The Morgan fingerprint density at radius 1 is 0.917 bits per heavy atom. The van der Waals surface area contributed by atoms with E-state index < -0.39 is 22.5 Å². The topological polar surface area (TPSA) is 92.3 Å². The Balaban J connectivity index is 1.52. The highest BCUT2D eigenvalue weighted by Crippen LogP contribution is 2.29. The lowest BCUT2D eigenvalue weighted by atomic mass is 10.1. The Morgan fingerprint density at radius 3 is 2.25 bits per heavy atom. The zero-order valence-electron chi connectivity index (χ0n) is 20.1. The van der Waals surface area contributed by atoms with Crippen molar-refractivity contribution in [3.8, 4) is 0 Å². The van der Waals surface area contributed by atoms with Crippen molar-refractivity contribution in [2.75, 3.05) is 16.2 Å². The van der Waals surface area contributed by atoms with Crippen LogP contribution in [0.5, 0.6) is 0 Å². The van der Waals surface area contributed by atoms with E-state index in [9.17, 15) is 13.2 Å². The zero-order valence-corrected chi connectivity index (χ0v) is 22.6. The lowest BCUT2D eigenvalue weighted by Gasteiger charge is -2.24. The minimum atomic E-state index is -3.99. The first-order chi connectivity index (χ1) is 17.2. The monoisotopic (exact) mass is 538 g/mol. The fraction of sp³-hybridized carbons (Fsp3) is 0.192. The van der Waals surface area contributed by atoms with Crippen LogP contribution in [0.3, 0.4) is 0 Å². The summed E-state index contributed by atoms with van der Waals surface area (Å²) in [5.74, 6) is 0.235. The molecule has 186 valence electrons. The van der Waals surface area contributed by atoms with E-state index >= 15 is 0 Å². The maximum atomic E-state index is 13.6. The first-order valence-corrected chi connectivity index (χ1v) is 14.4. The summed E-state index contributed by atoms with van der Waals surface area (Å²) in [6.45, 7) is 5.28. The highest BCUT2D eigenvalue weighted by molar-refractivity contribution is 8.00. The number of carbonyl (C=O) groups excluding carboxylic acids is 1. The van der Waals surface area contributed by atoms with Gasteiger partial charge in [0.05, 0.1) is 10.6 Å².